The van der Waals surface area contributed by atoms with Crippen LogP contribution >= 0.6 is 11.3 Å². The van der Waals surface area contributed by atoms with E-state index in [9.17, 15) is 4.79 Å². The van der Waals surface area contributed by atoms with Crippen LogP contribution in [0.2, 0.25) is 0 Å². The van der Waals surface area contributed by atoms with Gasteiger partial charge in [0, 0.05) is 69.8 Å². The van der Waals surface area contributed by atoms with Gasteiger partial charge in [0.2, 0.25) is 5.65 Å². The number of nitrogens with zero attached hydrogens (tertiary/aromatic N) is 5. The van der Waals surface area contributed by atoms with Crippen LogP contribution in [-0.2, 0) is 6.54 Å². The first kappa shape index (κ1) is 16.6. The Balaban J connectivity index is 1.30. The Hall–Kier alpha value is -2.58. The van der Waals surface area contributed by atoms with Crippen LogP contribution in [0.25, 0.3) is 16.0 Å². The molecule has 3 aromatic heterocycles. The van der Waals surface area contributed by atoms with Gasteiger partial charge in [0.15, 0.2) is 0 Å². The first-order chi connectivity index (χ1) is 13.2. The number of aromatic amines is 1. The molecule has 0 spiro atoms. The van der Waals surface area contributed by atoms with Crippen molar-refractivity contribution in [2.24, 2.45) is 0 Å². The smallest absolute Gasteiger partial charge is 0.292 e. The van der Waals surface area contributed by atoms with Crippen LogP contribution in [0.15, 0.2) is 47.3 Å². The Labute approximate surface area is 160 Å². The van der Waals surface area contributed by atoms with Crippen molar-refractivity contribution < 1.29 is 0 Å². The zero-order valence-corrected chi connectivity index (χ0v) is 16.1. The molecule has 2 aliphatic rings. The number of fused-ring (bicyclic) bond motifs is 3. The molecular weight excluding hydrogens is 360 g/mol. The summed E-state index contributed by atoms with van der Waals surface area (Å²) in [5, 5.41) is 0. The second kappa shape index (κ2) is 6.54. The van der Waals surface area contributed by atoms with Crippen molar-refractivity contribution in [2.75, 3.05) is 39.8 Å². The Kier molecular flexibility index (Phi) is 4.02. The van der Waals surface area contributed by atoms with Crippen LogP contribution < -0.4 is 5.56 Å². The second-order valence-corrected chi connectivity index (χ2v) is 8.28. The molecule has 0 atom stereocenters. The third-order valence-electron chi connectivity index (χ3n) is 5.23. The molecule has 1 fully saturated rings. The van der Waals surface area contributed by atoms with E-state index in [1.54, 1.807) is 17.5 Å². The second-order valence-electron chi connectivity index (χ2n) is 7.17. The number of nitrogens with one attached hydrogen (secondary N) is 1. The summed E-state index contributed by atoms with van der Waals surface area (Å²) >= 11 is 1.73. The summed E-state index contributed by atoms with van der Waals surface area (Å²) in [5.41, 5.74) is 2.53. The number of likely N-dealkylation sites (N-methyl/N-ethyl adjacent to an activating group) is 1. The van der Waals surface area contributed by atoms with Crippen LogP contribution in [0, 0.1) is 0 Å². The molecular formula is C19H22N6OS. The number of rotatable bonds is 3. The summed E-state index contributed by atoms with van der Waals surface area (Å²) in [7, 11) is 2.11. The Morgan fingerprint density at radius 3 is 2.93 bits per heavy atom. The van der Waals surface area contributed by atoms with E-state index in [4.69, 9.17) is 0 Å². The van der Waals surface area contributed by atoms with E-state index in [0.717, 1.165) is 49.6 Å². The summed E-state index contributed by atoms with van der Waals surface area (Å²) in [6.07, 6.45) is 10.2. The van der Waals surface area contributed by atoms with Crippen LogP contribution in [0.1, 0.15) is 4.88 Å². The van der Waals surface area contributed by atoms with Gasteiger partial charge < -0.3 is 14.8 Å². The van der Waals surface area contributed by atoms with Gasteiger partial charge in [-0.2, -0.15) is 0 Å². The molecule has 0 amide bonds. The lowest BCUT2D eigenvalue weighted by atomic mass is 10.2. The van der Waals surface area contributed by atoms with Gasteiger partial charge in [-0.15, -0.1) is 11.3 Å². The van der Waals surface area contributed by atoms with Crippen LogP contribution in [-0.4, -0.2) is 68.8 Å². The van der Waals surface area contributed by atoms with Gasteiger partial charge >= 0.3 is 0 Å². The molecule has 3 aromatic rings. The maximum Gasteiger partial charge on any atom is 0.292 e. The molecule has 0 unspecified atom stereocenters. The predicted molar refractivity (Wildman–Crippen MR) is 108 cm³/mol. The van der Waals surface area contributed by atoms with Gasteiger partial charge in [-0.25, -0.2) is 4.98 Å². The molecule has 0 bridgehead atoms. The summed E-state index contributed by atoms with van der Waals surface area (Å²) in [6, 6.07) is 2.11. The first-order valence-electron chi connectivity index (χ1n) is 9.21. The fraction of sp³-hybridized carbons (Fsp3) is 0.368. The van der Waals surface area contributed by atoms with Crippen molar-refractivity contribution in [1.29, 1.82) is 0 Å². The van der Waals surface area contributed by atoms with Crippen molar-refractivity contribution in [3.05, 3.63) is 57.7 Å². The Bertz CT molecular complexity index is 1100. The SMILES string of the molecule is CN1C=C(N2CCN(Cc3cc4[nH]c(=O)c5nccn5c4s3)CC2)C=CC1. The highest BCUT2D eigenvalue weighted by atomic mass is 32.1. The zero-order valence-electron chi connectivity index (χ0n) is 15.3. The summed E-state index contributed by atoms with van der Waals surface area (Å²) in [5.74, 6) is 0. The topological polar surface area (TPSA) is 59.9 Å². The van der Waals surface area contributed by atoms with E-state index in [0.29, 0.717) is 5.65 Å². The van der Waals surface area contributed by atoms with Gasteiger partial charge in [-0.1, -0.05) is 6.08 Å². The van der Waals surface area contributed by atoms with Gasteiger partial charge in [0.1, 0.15) is 4.83 Å². The maximum absolute atomic E-state index is 12.1. The fourth-order valence-corrected chi connectivity index (χ4v) is 4.96. The van der Waals surface area contributed by atoms with E-state index >= 15 is 0 Å². The monoisotopic (exact) mass is 382 g/mol. The number of aromatic nitrogens is 3. The molecule has 0 radical (unpaired) electrons. The first-order valence-corrected chi connectivity index (χ1v) is 10.0. The van der Waals surface area contributed by atoms with Crippen molar-refractivity contribution in [3.8, 4) is 0 Å². The van der Waals surface area contributed by atoms with Gasteiger partial charge in [0.25, 0.3) is 5.56 Å². The highest BCUT2D eigenvalue weighted by Crippen LogP contribution is 2.25. The van der Waals surface area contributed by atoms with E-state index in [1.165, 1.54) is 10.6 Å². The van der Waals surface area contributed by atoms with Crippen molar-refractivity contribution in [3.63, 3.8) is 0 Å². The molecule has 140 valence electrons. The van der Waals surface area contributed by atoms with Crippen LogP contribution in [0.4, 0.5) is 0 Å². The molecule has 27 heavy (non-hydrogen) atoms. The van der Waals surface area contributed by atoms with Crippen molar-refractivity contribution >= 4 is 27.3 Å². The standard InChI is InChI=1S/C19H22N6OS/c1-22-5-2-3-14(12-22)24-9-7-23(8-10-24)13-15-11-16-19(27-15)25-6-4-20-17(25)18(26)21-16/h2-4,6,11-12H,5,7-10,13H2,1H3,(H,21,26). The van der Waals surface area contributed by atoms with E-state index < -0.39 is 0 Å². The normalized spacial score (nSPS) is 18.6. The minimum Gasteiger partial charge on any atom is -0.375 e. The third kappa shape index (κ3) is 3.04. The summed E-state index contributed by atoms with van der Waals surface area (Å²) in [6.45, 7) is 6.07. The minimum absolute atomic E-state index is 0.135. The number of hydrogen-bond acceptors (Lipinski definition) is 6. The quantitative estimate of drug-likeness (QED) is 0.747. The highest BCUT2D eigenvalue weighted by molar-refractivity contribution is 7.18. The van der Waals surface area contributed by atoms with Crippen LogP contribution in [0.3, 0.4) is 0 Å². The molecule has 0 aliphatic carbocycles. The van der Waals surface area contributed by atoms with Crippen LogP contribution in [0.5, 0.6) is 0 Å². The number of hydrogen-bond donors (Lipinski definition) is 1. The molecule has 1 saturated heterocycles. The summed E-state index contributed by atoms with van der Waals surface area (Å²) in [4.78, 5) is 28.7. The molecule has 0 saturated carbocycles. The largest absolute Gasteiger partial charge is 0.375 e. The van der Waals surface area contributed by atoms with Gasteiger partial charge in [-0.3, -0.25) is 14.1 Å². The fourth-order valence-electron chi connectivity index (χ4n) is 3.82. The number of H-pyrrole nitrogens is 1. The lowest BCUT2D eigenvalue weighted by molar-refractivity contribution is 0.155. The van der Waals surface area contributed by atoms with E-state index in [2.05, 4.69) is 56.1 Å². The zero-order chi connectivity index (χ0) is 18.4. The number of imidazole rings is 1. The Morgan fingerprint density at radius 1 is 1.26 bits per heavy atom. The van der Waals surface area contributed by atoms with Gasteiger partial charge in [0.05, 0.1) is 11.2 Å². The number of allylic oxidation sites excluding steroid dienone is 1. The van der Waals surface area contributed by atoms with Crippen molar-refractivity contribution in [2.45, 2.75) is 6.54 Å². The van der Waals surface area contributed by atoms with E-state index in [-0.39, 0.29) is 5.56 Å². The summed E-state index contributed by atoms with van der Waals surface area (Å²) < 4.78 is 1.89. The molecule has 5 heterocycles. The average molecular weight is 382 g/mol. The lowest BCUT2D eigenvalue weighted by Crippen LogP contribution is -2.45. The molecule has 1 N–H and O–H groups in total. The predicted octanol–water partition coefficient (Wildman–Crippen LogP) is 1.70. The number of piperazine rings is 1. The molecule has 7 nitrogen and oxygen atoms in total. The molecule has 0 aromatic carbocycles. The van der Waals surface area contributed by atoms with E-state index in [1.807, 2.05) is 10.6 Å². The van der Waals surface area contributed by atoms with Crippen molar-refractivity contribution in [1.82, 2.24) is 29.1 Å². The van der Waals surface area contributed by atoms with Gasteiger partial charge in [-0.05, 0) is 12.1 Å². The lowest BCUT2D eigenvalue weighted by Gasteiger charge is -2.37. The maximum atomic E-state index is 12.1. The molecule has 5 rings (SSSR count). The average Bonchev–Trinajstić information content (AvgIpc) is 3.29. The third-order valence-corrected chi connectivity index (χ3v) is 6.34. The molecule has 2 aliphatic heterocycles. The molecule has 8 heteroatoms. The minimum atomic E-state index is -0.135. The Morgan fingerprint density at radius 2 is 2.11 bits per heavy atom. The number of thiophene rings is 1. The highest BCUT2D eigenvalue weighted by Gasteiger charge is 2.20.